The number of carbonyl (C=O) groups is 1. The first-order chi connectivity index (χ1) is 8.32. The standard InChI is InChI=1S/C11H17N3O3S/c1-5-7(3-8(12)11(13)14-5)10(17)9(16)4-18-6(2)15/h3,9-10,16-17H,4,12H2,1-2H3,(H2,13,14). The molecule has 6 N–H and O–H groups in total. The van der Waals surface area contributed by atoms with Gasteiger partial charge < -0.3 is 21.7 Å². The summed E-state index contributed by atoms with van der Waals surface area (Å²) in [6.45, 7) is 3.07. The molecule has 0 amide bonds. The molecule has 0 radical (unpaired) electrons. The van der Waals surface area contributed by atoms with Crippen LogP contribution < -0.4 is 11.5 Å². The van der Waals surface area contributed by atoms with Crippen molar-refractivity contribution in [1.29, 1.82) is 0 Å². The van der Waals surface area contributed by atoms with Crippen molar-refractivity contribution in [2.75, 3.05) is 17.2 Å². The van der Waals surface area contributed by atoms with Crippen LogP contribution in [0.3, 0.4) is 0 Å². The van der Waals surface area contributed by atoms with E-state index in [9.17, 15) is 15.0 Å². The minimum Gasteiger partial charge on any atom is -0.396 e. The van der Waals surface area contributed by atoms with Crippen LogP contribution in [0, 0.1) is 6.92 Å². The molecule has 2 unspecified atom stereocenters. The Morgan fingerprint density at radius 2 is 2.11 bits per heavy atom. The van der Waals surface area contributed by atoms with E-state index < -0.39 is 12.2 Å². The number of hydrogen-bond acceptors (Lipinski definition) is 7. The number of hydrogen-bond donors (Lipinski definition) is 4. The molecule has 2 atom stereocenters. The smallest absolute Gasteiger partial charge is 0.185 e. The van der Waals surface area contributed by atoms with Crippen LogP contribution in [0.1, 0.15) is 24.3 Å². The Morgan fingerprint density at radius 1 is 1.50 bits per heavy atom. The van der Waals surface area contributed by atoms with Crippen molar-refractivity contribution in [3.05, 3.63) is 17.3 Å². The number of carbonyl (C=O) groups excluding carboxylic acids is 1. The van der Waals surface area contributed by atoms with Crippen molar-refractivity contribution in [1.82, 2.24) is 4.98 Å². The van der Waals surface area contributed by atoms with E-state index in [1.807, 2.05) is 0 Å². The third kappa shape index (κ3) is 3.59. The predicted octanol–water partition coefficient (Wildman–Crippen LogP) is 0.228. The van der Waals surface area contributed by atoms with E-state index in [0.29, 0.717) is 11.3 Å². The van der Waals surface area contributed by atoms with Crippen molar-refractivity contribution in [2.45, 2.75) is 26.1 Å². The second-order valence-electron chi connectivity index (χ2n) is 3.95. The molecule has 0 fully saturated rings. The monoisotopic (exact) mass is 271 g/mol. The summed E-state index contributed by atoms with van der Waals surface area (Å²) >= 11 is 0.950. The highest BCUT2D eigenvalue weighted by Gasteiger charge is 2.22. The number of aliphatic hydroxyl groups excluding tert-OH is 2. The molecule has 1 heterocycles. The lowest BCUT2D eigenvalue weighted by atomic mass is 10.0. The molecule has 0 aromatic carbocycles. The number of rotatable bonds is 4. The van der Waals surface area contributed by atoms with Crippen molar-refractivity contribution < 1.29 is 15.0 Å². The van der Waals surface area contributed by atoms with Gasteiger partial charge in [-0.3, -0.25) is 4.79 Å². The van der Waals surface area contributed by atoms with E-state index in [0.717, 1.165) is 11.8 Å². The summed E-state index contributed by atoms with van der Waals surface area (Å²) in [6.07, 6.45) is -2.21. The second-order valence-corrected chi connectivity index (χ2v) is 5.15. The van der Waals surface area contributed by atoms with Crippen LogP contribution >= 0.6 is 11.8 Å². The van der Waals surface area contributed by atoms with Gasteiger partial charge in [0.25, 0.3) is 0 Å². The van der Waals surface area contributed by atoms with Gasteiger partial charge in [-0.1, -0.05) is 11.8 Å². The zero-order chi connectivity index (χ0) is 13.9. The molecule has 18 heavy (non-hydrogen) atoms. The topological polar surface area (TPSA) is 122 Å². The van der Waals surface area contributed by atoms with E-state index in [4.69, 9.17) is 11.5 Å². The van der Waals surface area contributed by atoms with Gasteiger partial charge in [-0.25, -0.2) is 4.98 Å². The highest BCUT2D eigenvalue weighted by Crippen LogP contribution is 2.26. The van der Waals surface area contributed by atoms with Gasteiger partial charge >= 0.3 is 0 Å². The van der Waals surface area contributed by atoms with E-state index in [1.54, 1.807) is 6.92 Å². The average molecular weight is 271 g/mol. The van der Waals surface area contributed by atoms with Crippen molar-refractivity contribution >= 4 is 28.4 Å². The van der Waals surface area contributed by atoms with E-state index in [2.05, 4.69) is 4.98 Å². The maximum atomic E-state index is 10.8. The van der Waals surface area contributed by atoms with E-state index in [1.165, 1.54) is 13.0 Å². The Labute approximate surface area is 109 Å². The van der Waals surface area contributed by atoms with Crippen molar-refractivity contribution in [2.24, 2.45) is 0 Å². The predicted molar refractivity (Wildman–Crippen MR) is 71.9 cm³/mol. The summed E-state index contributed by atoms with van der Waals surface area (Å²) in [7, 11) is 0. The number of aryl methyl sites for hydroxylation is 1. The lowest BCUT2D eigenvalue weighted by Gasteiger charge is -2.19. The van der Waals surface area contributed by atoms with Crippen LogP contribution in [0.5, 0.6) is 0 Å². The molecular weight excluding hydrogens is 254 g/mol. The molecule has 1 aromatic heterocycles. The fourth-order valence-electron chi connectivity index (χ4n) is 1.46. The fraction of sp³-hybridized carbons (Fsp3) is 0.455. The van der Waals surface area contributed by atoms with Gasteiger partial charge in [0.2, 0.25) is 0 Å². The Kier molecular flexibility index (Phi) is 4.94. The van der Waals surface area contributed by atoms with Gasteiger partial charge in [-0.15, -0.1) is 0 Å². The van der Waals surface area contributed by atoms with Crippen LogP contribution in [-0.2, 0) is 4.79 Å². The lowest BCUT2D eigenvalue weighted by molar-refractivity contribution is -0.109. The van der Waals surface area contributed by atoms with Gasteiger partial charge in [0, 0.05) is 23.9 Å². The number of pyridine rings is 1. The third-order valence-electron chi connectivity index (χ3n) is 2.45. The Hall–Kier alpha value is -1.31. The number of anilines is 2. The molecular formula is C11H17N3O3S. The number of nitrogen functional groups attached to an aromatic ring is 2. The molecule has 1 aromatic rings. The second kappa shape index (κ2) is 6.03. The summed E-state index contributed by atoms with van der Waals surface area (Å²) in [6, 6.07) is 1.49. The molecule has 0 aliphatic carbocycles. The number of aromatic nitrogens is 1. The van der Waals surface area contributed by atoms with Crippen LogP contribution in [0.4, 0.5) is 11.5 Å². The van der Waals surface area contributed by atoms with Crippen LogP contribution in [0.15, 0.2) is 6.07 Å². The van der Waals surface area contributed by atoms with E-state index >= 15 is 0 Å². The molecule has 0 aliphatic heterocycles. The Bertz CT molecular complexity index is 453. The normalized spacial score (nSPS) is 14.2. The van der Waals surface area contributed by atoms with Crippen LogP contribution in [0.2, 0.25) is 0 Å². The molecule has 6 nitrogen and oxygen atoms in total. The molecule has 0 spiro atoms. The molecule has 1 rings (SSSR count). The SMILES string of the molecule is CC(=O)SCC(O)C(O)c1cc(N)c(N)nc1C. The molecule has 0 bridgehead atoms. The maximum absolute atomic E-state index is 10.8. The highest BCUT2D eigenvalue weighted by atomic mass is 32.2. The number of nitrogens with two attached hydrogens (primary N) is 2. The van der Waals surface area contributed by atoms with E-state index in [-0.39, 0.29) is 22.4 Å². The summed E-state index contributed by atoms with van der Waals surface area (Å²) in [5, 5.41) is 19.7. The molecule has 0 saturated carbocycles. The van der Waals surface area contributed by atoms with Gasteiger partial charge in [-0.2, -0.15) is 0 Å². The first kappa shape index (κ1) is 14.7. The zero-order valence-corrected chi connectivity index (χ0v) is 11.1. The Balaban J connectivity index is 2.86. The lowest BCUT2D eigenvalue weighted by Crippen LogP contribution is -2.23. The van der Waals surface area contributed by atoms with Gasteiger partial charge in [0.1, 0.15) is 11.9 Å². The third-order valence-corrected chi connectivity index (χ3v) is 3.37. The number of aliphatic hydroxyl groups is 2. The van der Waals surface area contributed by atoms with Gasteiger partial charge in [0.15, 0.2) is 5.12 Å². The molecule has 100 valence electrons. The Morgan fingerprint density at radius 3 is 2.67 bits per heavy atom. The summed E-state index contributed by atoms with van der Waals surface area (Å²) < 4.78 is 0. The zero-order valence-electron chi connectivity index (χ0n) is 10.3. The molecule has 0 aliphatic rings. The number of thioether (sulfide) groups is 1. The minimum absolute atomic E-state index is 0.111. The fourth-order valence-corrected chi connectivity index (χ4v) is 2.04. The quantitative estimate of drug-likeness (QED) is 0.618. The van der Waals surface area contributed by atoms with Gasteiger partial charge in [-0.05, 0) is 13.0 Å². The first-order valence-electron chi connectivity index (χ1n) is 5.35. The largest absolute Gasteiger partial charge is 0.396 e. The minimum atomic E-state index is -1.15. The summed E-state index contributed by atoms with van der Waals surface area (Å²) in [5.74, 6) is 0.302. The van der Waals surface area contributed by atoms with Crippen LogP contribution in [-0.4, -0.2) is 32.2 Å². The van der Waals surface area contributed by atoms with Crippen molar-refractivity contribution in [3.8, 4) is 0 Å². The molecule has 0 saturated heterocycles. The summed E-state index contributed by atoms with van der Waals surface area (Å²) in [5.41, 5.74) is 12.3. The highest BCUT2D eigenvalue weighted by molar-refractivity contribution is 8.13. The van der Waals surface area contributed by atoms with Crippen molar-refractivity contribution in [3.63, 3.8) is 0 Å². The first-order valence-corrected chi connectivity index (χ1v) is 6.33. The van der Waals surface area contributed by atoms with Crippen LogP contribution in [0.25, 0.3) is 0 Å². The summed E-state index contributed by atoms with van der Waals surface area (Å²) in [4.78, 5) is 14.8. The maximum Gasteiger partial charge on any atom is 0.185 e. The number of nitrogens with zero attached hydrogens (tertiary/aromatic N) is 1. The average Bonchev–Trinajstić information content (AvgIpc) is 2.29. The van der Waals surface area contributed by atoms with Gasteiger partial charge in [0.05, 0.1) is 11.8 Å². The molecule has 7 heteroatoms.